The molecule has 1 atom stereocenters. The van der Waals surface area contributed by atoms with Crippen LogP contribution in [0.1, 0.15) is 12.8 Å². The summed E-state index contributed by atoms with van der Waals surface area (Å²) in [5.41, 5.74) is 0. The number of hydrogen-bond donors (Lipinski definition) is 2. The van der Waals surface area contributed by atoms with Gasteiger partial charge in [0.05, 0.1) is 19.3 Å². The molecule has 3 rings (SSSR count). The van der Waals surface area contributed by atoms with E-state index in [1.165, 1.54) is 0 Å². The summed E-state index contributed by atoms with van der Waals surface area (Å²) in [4.78, 5) is 30.1. The van der Waals surface area contributed by atoms with E-state index in [2.05, 4.69) is 15.5 Å². The Morgan fingerprint density at radius 2 is 2.09 bits per heavy atom. The molecule has 2 N–H and O–H groups in total. The standard InChI is InChI=1S/C15H27N5O3/c21-14(16-3-6-18-8-10-23-11-9-18)19-5-1-2-13(12-19)20-7-4-17-15(20)22/h13H,1-12H2,(H,16,21)(H,17,22)/t13-/m0/s1. The monoisotopic (exact) mass is 325 g/mol. The van der Waals surface area contributed by atoms with Crippen LogP contribution in [0.5, 0.6) is 0 Å². The van der Waals surface area contributed by atoms with Crippen molar-refractivity contribution in [2.24, 2.45) is 0 Å². The van der Waals surface area contributed by atoms with Crippen molar-refractivity contribution >= 4 is 12.1 Å². The zero-order valence-corrected chi connectivity index (χ0v) is 13.6. The number of rotatable bonds is 4. The van der Waals surface area contributed by atoms with Crippen LogP contribution in [-0.4, -0.2) is 98.4 Å². The number of ether oxygens (including phenoxy) is 1. The molecule has 0 saturated carbocycles. The van der Waals surface area contributed by atoms with Gasteiger partial charge in [0.1, 0.15) is 0 Å². The van der Waals surface area contributed by atoms with Crippen molar-refractivity contribution < 1.29 is 14.3 Å². The Balaban J connectivity index is 1.40. The SMILES string of the molecule is O=C(NCCN1CCOCC1)N1CCC[C@H](N2CCNC2=O)C1. The van der Waals surface area contributed by atoms with E-state index in [1.54, 1.807) is 0 Å². The highest BCUT2D eigenvalue weighted by atomic mass is 16.5. The number of hydrogen-bond acceptors (Lipinski definition) is 4. The lowest BCUT2D eigenvalue weighted by Gasteiger charge is -2.37. The van der Waals surface area contributed by atoms with Gasteiger partial charge in [-0.15, -0.1) is 0 Å². The first kappa shape index (κ1) is 16.3. The van der Waals surface area contributed by atoms with Crippen LogP contribution in [0.4, 0.5) is 9.59 Å². The molecule has 3 fully saturated rings. The minimum Gasteiger partial charge on any atom is -0.379 e. The van der Waals surface area contributed by atoms with E-state index < -0.39 is 0 Å². The lowest BCUT2D eigenvalue weighted by molar-refractivity contribution is 0.0385. The number of carbonyl (C=O) groups is 2. The van der Waals surface area contributed by atoms with E-state index in [-0.39, 0.29) is 18.1 Å². The number of nitrogens with zero attached hydrogens (tertiary/aromatic N) is 3. The molecule has 0 aromatic heterocycles. The number of amides is 4. The van der Waals surface area contributed by atoms with Crippen LogP contribution < -0.4 is 10.6 Å². The molecule has 4 amide bonds. The van der Waals surface area contributed by atoms with Crippen LogP contribution in [0, 0.1) is 0 Å². The summed E-state index contributed by atoms with van der Waals surface area (Å²) in [5, 5.41) is 5.84. The fraction of sp³-hybridized carbons (Fsp3) is 0.867. The smallest absolute Gasteiger partial charge is 0.317 e. The summed E-state index contributed by atoms with van der Waals surface area (Å²) in [6, 6.07) is 0.142. The lowest BCUT2D eigenvalue weighted by atomic mass is 10.0. The molecule has 23 heavy (non-hydrogen) atoms. The molecule has 0 aromatic carbocycles. The Hall–Kier alpha value is -1.54. The van der Waals surface area contributed by atoms with Crippen molar-refractivity contribution in [2.75, 3.05) is 65.6 Å². The van der Waals surface area contributed by atoms with Gasteiger partial charge in [-0.25, -0.2) is 9.59 Å². The van der Waals surface area contributed by atoms with E-state index in [9.17, 15) is 9.59 Å². The summed E-state index contributed by atoms with van der Waals surface area (Å²) in [5.74, 6) is 0. The van der Waals surface area contributed by atoms with Gasteiger partial charge in [-0.1, -0.05) is 0 Å². The molecule has 0 aromatic rings. The van der Waals surface area contributed by atoms with Gasteiger partial charge in [0.2, 0.25) is 0 Å². The normalized spacial score (nSPS) is 26.3. The third-order valence-electron chi connectivity index (χ3n) is 4.82. The van der Waals surface area contributed by atoms with Gasteiger partial charge in [0.15, 0.2) is 0 Å². The summed E-state index contributed by atoms with van der Waals surface area (Å²) < 4.78 is 5.32. The first-order valence-electron chi connectivity index (χ1n) is 8.61. The molecule has 0 radical (unpaired) electrons. The molecule has 3 aliphatic heterocycles. The minimum absolute atomic E-state index is 0.00424. The van der Waals surface area contributed by atoms with Gasteiger partial charge in [-0.3, -0.25) is 4.90 Å². The van der Waals surface area contributed by atoms with Gasteiger partial charge in [-0.05, 0) is 12.8 Å². The van der Waals surface area contributed by atoms with Crippen LogP contribution in [0.15, 0.2) is 0 Å². The van der Waals surface area contributed by atoms with Crippen LogP contribution >= 0.6 is 0 Å². The van der Waals surface area contributed by atoms with Gasteiger partial charge in [0.25, 0.3) is 0 Å². The summed E-state index contributed by atoms with van der Waals surface area (Å²) in [7, 11) is 0. The fourth-order valence-electron chi connectivity index (χ4n) is 3.49. The van der Waals surface area contributed by atoms with Gasteiger partial charge in [0, 0.05) is 52.4 Å². The van der Waals surface area contributed by atoms with Gasteiger partial charge in [-0.2, -0.15) is 0 Å². The van der Waals surface area contributed by atoms with Gasteiger partial charge < -0.3 is 25.2 Å². The molecule has 3 aliphatic rings. The Morgan fingerprint density at radius 3 is 2.83 bits per heavy atom. The number of likely N-dealkylation sites (tertiary alicyclic amines) is 1. The van der Waals surface area contributed by atoms with Crippen molar-refractivity contribution in [1.82, 2.24) is 25.3 Å². The van der Waals surface area contributed by atoms with E-state index in [1.807, 2.05) is 9.80 Å². The topological polar surface area (TPSA) is 77.2 Å². The maximum Gasteiger partial charge on any atom is 0.317 e. The van der Waals surface area contributed by atoms with Crippen molar-refractivity contribution in [3.8, 4) is 0 Å². The first-order chi connectivity index (χ1) is 11.2. The lowest BCUT2D eigenvalue weighted by Crippen LogP contribution is -2.53. The largest absolute Gasteiger partial charge is 0.379 e. The second kappa shape index (κ2) is 7.83. The molecule has 0 bridgehead atoms. The maximum absolute atomic E-state index is 12.3. The quantitative estimate of drug-likeness (QED) is 0.732. The second-order valence-corrected chi connectivity index (χ2v) is 6.35. The molecule has 8 nitrogen and oxygen atoms in total. The molecular weight excluding hydrogens is 298 g/mol. The average Bonchev–Trinajstić information content (AvgIpc) is 3.02. The number of nitrogens with one attached hydrogen (secondary N) is 2. The molecule has 3 heterocycles. The van der Waals surface area contributed by atoms with E-state index in [4.69, 9.17) is 4.74 Å². The van der Waals surface area contributed by atoms with Crippen molar-refractivity contribution in [2.45, 2.75) is 18.9 Å². The molecule has 0 aliphatic carbocycles. The van der Waals surface area contributed by atoms with Crippen LogP contribution in [0.2, 0.25) is 0 Å². The molecular formula is C15H27N5O3. The van der Waals surface area contributed by atoms with Crippen LogP contribution in [0.25, 0.3) is 0 Å². The summed E-state index contributed by atoms with van der Waals surface area (Å²) >= 11 is 0. The molecule has 8 heteroatoms. The average molecular weight is 325 g/mol. The summed E-state index contributed by atoms with van der Waals surface area (Å²) in [6.07, 6.45) is 1.93. The Morgan fingerprint density at radius 1 is 1.26 bits per heavy atom. The molecule has 0 spiro atoms. The molecule has 3 saturated heterocycles. The van der Waals surface area contributed by atoms with E-state index >= 15 is 0 Å². The Kier molecular flexibility index (Phi) is 5.56. The zero-order valence-electron chi connectivity index (χ0n) is 13.6. The summed E-state index contributed by atoms with van der Waals surface area (Å²) in [6.45, 7) is 7.81. The van der Waals surface area contributed by atoms with Crippen LogP contribution in [0.3, 0.4) is 0 Å². The fourth-order valence-corrected chi connectivity index (χ4v) is 3.49. The van der Waals surface area contributed by atoms with Crippen LogP contribution in [-0.2, 0) is 4.74 Å². The number of urea groups is 2. The molecule has 0 unspecified atom stereocenters. The first-order valence-corrected chi connectivity index (χ1v) is 8.61. The highest BCUT2D eigenvalue weighted by molar-refractivity contribution is 5.77. The highest BCUT2D eigenvalue weighted by Crippen LogP contribution is 2.17. The number of morpholine rings is 1. The van der Waals surface area contributed by atoms with E-state index in [0.717, 1.165) is 58.8 Å². The maximum atomic E-state index is 12.3. The van der Waals surface area contributed by atoms with Gasteiger partial charge >= 0.3 is 12.1 Å². The minimum atomic E-state index is -0.0115. The predicted molar refractivity (Wildman–Crippen MR) is 85.4 cm³/mol. The second-order valence-electron chi connectivity index (χ2n) is 6.35. The number of carbonyl (C=O) groups excluding carboxylic acids is 2. The van der Waals surface area contributed by atoms with Crippen molar-refractivity contribution in [1.29, 1.82) is 0 Å². The molecule has 130 valence electrons. The van der Waals surface area contributed by atoms with E-state index in [0.29, 0.717) is 19.6 Å². The third-order valence-corrected chi connectivity index (χ3v) is 4.82. The highest BCUT2D eigenvalue weighted by Gasteiger charge is 2.32. The zero-order chi connectivity index (χ0) is 16.1. The Bertz CT molecular complexity index is 427. The Labute approximate surface area is 137 Å². The number of piperidine rings is 1. The van der Waals surface area contributed by atoms with Crippen molar-refractivity contribution in [3.63, 3.8) is 0 Å². The third kappa shape index (κ3) is 4.26. The van der Waals surface area contributed by atoms with Crippen molar-refractivity contribution in [3.05, 3.63) is 0 Å². The predicted octanol–water partition coefficient (Wildman–Crippen LogP) is -0.482.